The number of rotatable bonds is 7. The highest BCUT2D eigenvalue weighted by molar-refractivity contribution is 5.71. The molecule has 0 spiro atoms. The lowest BCUT2D eigenvalue weighted by Gasteiger charge is -2.04. The molecule has 2 atom stereocenters. The number of hydrogen-bond donors (Lipinski definition) is 1. The molecule has 1 aliphatic carbocycles. The minimum atomic E-state index is -0.119. The maximum Gasteiger partial charge on any atom is 0.319 e. The Balaban J connectivity index is 1.87. The second-order valence-electron chi connectivity index (χ2n) is 4.18. The van der Waals surface area contributed by atoms with Gasteiger partial charge in [-0.3, -0.25) is 4.79 Å². The van der Waals surface area contributed by atoms with E-state index in [0.29, 0.717) is 13.2 Å². The van der Waals surface area contributed by atoms with Gasteiger partial charge in [0, 0.05) is 0 Å². The van der Waals surface area contributed by atoms with Crippen LogP contribution in [0.5, 0.6) is 0 Å². The van der Waals surface area contributed by atoms with Gasteiger partial charge in [0.25, 0.3) is 0 Å². The topological polar surface area (TPSA) is 38.3 Å². The average molecular weight is 199 g/mol. The zero-order valence-electron chi connectivity index (χ0n) is 9.21. The van der Waals surface area contributed by atoms with E-state index in [0.717, 1.165) is 31.2 Å². The Bertz CT molecular complexity index is 182. The van der Waals surface area contributed by atoms with Gasteiger partial charge >= 0.3 is 5.97 Å². The summed E-state index contributed by atoms with van der Waals surface area (Å²) >= 11 is 0. The van der Waals surface area contributed by atoms with Crippen LogP contribution in [0.15, 0.2) is 0 Å². The van der Waals surface area contributed by atoms with Gasteiger partial charge in [-0.2, -0.15) is 0 Å². The molecule has 82 valence electrons. The van der Waals surface area contributed by atoms with E-state index in [9.17, 15) is 4.79 Å². The van der Waals surface area contributed by atoms with Crippen molar-refractivity contribution in [1.29, 1.82) is 0 Å². The third kappa shape index (κ3) is 4.61. The van der Waals surface area contributed by atoms with Gasteiger partial charge in [-0.05, 0) is 31.2 Å². The summed E-state index contributed by atoms with van der Waals surface area (Å²) in [5, 5.41) is 3.13. The number of hydrogen-bond acceptors (Lipinski definition) is 3. The monoisotopic (exact) mass is 199 g/mol. The molecule has 1 fully saturated rings. The molecule has 0 saturated heterocycles. The molecule has 0 aromatic carbocycles. The number of ether oxygens (including phenoxy) is 1. The second-order valence-corrected chi connectivity index (χ2v) is 4.18. The first-order chi connectivity index (χ1) is 6.74. The van der Waals surface area contributed by atoms with E-state index >= 15 is 0 Å². The molecule has 1 N–H and O–H groups in total. The van der Waals surface area contributed by atoms with Crippen molar-refractivity contribution < 1.29 is 9.53 Å². The van der Waals surface area contributed by atoms with Crippen LogP contribution < -0.4 is 5.32 Å². The Morgan fingerprint density at radius 2 is 2.29 bits per heavy atom. The molecule has 3 nitrogen and oxygen atoms in total. The summed E-state index contributed by atoms with van der Waals surface area (Å²) < 4.78 is 5.01. The molecule has 1 aliphatic rings. The molecule has 0 amide bonds. The molecule has 0 aliphatic heterocycles. The van der Waals surface area contributed by atoms with Crippen LogP contribution in [-0.2, 0) is 9.53 Å². The Morgan fingerprint density at radius 1 is 1.57 bits per heavy atom. The summed E-state index contributed by atoms with van der Waals surface area (Å²) in [6.45, 7) is 6.22. The van der Waals surface area contributed by atoms with Crippen LogP contribution in [0.1, 0.15) is 33.1 Å². The first-order valence-electron chi connectivity index (χ1n) is 5.60. The van der Waals surface area contributed by atoms with Crippen molar-refractivity contribution in [3.05, 3.63) is 0 Å². The zero-order valence-corrected chi connectivity index (χ0v) is 9.21. The Kier molecular flexibility index (Phi) is 4.94. The van der Waals surface area contributed by atoms with Crippen LogP contribution in [0, 0.1) is 11.8 Å². The minimum Gasteiger partial charge on any atom is -0.465 e. The predicted octanol–water partition coefficient (Wildman–Crippen LogP) is 1.58. The summed E-state index contributed by atoms with van der Waals surface area (Å²) in [5.41, 5.74) is 0. The second kappa shape index (κ2) is 6.02. The molecule has 0 aromatic heterocycles. The van der Waals surface area contributed by atoms with Crippen LogP contribution in [0.3, 0.4) is 0 Å². The van der Waals surface area contributed by atoms with Gasteiger partial charge in [0.1, 0.15) is 0 Å². The van der Waals surface area contributed by atoms with Crippen molar-refractivity contribution in [2.24, 2.45) is 11.8 Å². The molecule has 1 rings (SSSR count). The lowest BCUT2D eigenvalue weighted by molar-refractivity contribution is -0.142. The van der Waals surface area contributed by atoms with Crippen LogP contribution >= 0.6 is 0 Å². The fourth-order valence-electron chi connectivity index (χ4n) is 1.42. The molecule has 0 heterocycles. The molecule has 0 radical (unpaired) electrons. The maximum absolute atomic E-state index is 11.1. The normalized spacial score (nSPS) is 24.7. The van der Waals surface area contributed by atoms with Crippen molar-refractivity contribution in [2.75, 3.05) is 19.7 Å². The summed E-state index contributed by atoms with van der Waals surface area (Å²) in [5.74, 6) is 1.52. The smallest absolute Gasteiger partial charge is 0.319 e. The van der Waals surface area contributed by atoms with E-state index in [4.69, 9.17) is 4.74 Å². The highest BCUT2D eigenvalue weighted by Crippen LogP contribution is 2.36. The summed E-state index contributed by atoms with van der Waals surface area (Å²) in [7, 11) is 0. The van der Waals surface area contributed by atoms with Gasteiger partial charge in [0.15, 0.2) is 0 Å². The number of carbonyl (C=O) groups is 1. The predicted molar refractivity (Wildman–Crippen MR) is 56.0 cm³/mol. The van der Waals surface area contributed by atoms with E-state index in [1.165, 1.54) is 6.42 Å². The van der Waals surface area contributed by atoms with E-state index in [1.54, 1.807) is 0 Å². The third-order valence-electron chi connectivity index (χ3n) is 2.71. The molecule has 0 bridgehead atoms. The minimum absolute atomic E-state index is 0.119. The van der Waals surface area contributed by atoms with Gasteiger partial charge in [-0.15, -0.1) is 0 Å². The Hall–Kier alpha value is -0.570. The third-order valence-corrected chi connectivity index (χ3v) is 2.71. The Labute approximate surface area is 86.2 Å². The van der Waals surface area contributed by atoms with Crippen LogP contribution in [0.2, 0.25) is 0 Å². The zero-order chi connectivity index (χ0) is 10.4. The van der Waals surface area contributed by atoms with Crippen LogP contribution in [0.4, 0.5) is 0 Å². The summed E-state index contributed by atoms with van der Waals surface area (Å²) in [6.07, 6.45) is 3.34. The van der Waals surface area contributed by atoms with Crippen LogP contribution in [0.25, 0.3) is 0 Å². The SMILES string of the molecule is CCCCOC(=O)CNCC1CC1C. The fraction of sp³-hybridized carbons (Fsp3) is 0.909. The Morgan fingerprint density at radius 3 is 2.86 bits per heavy atom. The van der Waals surface area contributed by atoms with E-state index < -0.39 is 0 Å². The van der Waals surface area contributed by atoms with E-state index in [1.807, 2.05) is 0 Å². The molecule has 2 unspecified atom stereocenters. The number of nitrogens with one attached hydrogen (secondary N) is 1. The maximum atomic E-state index is 11.1. The molecule has 3 heteroatoms. The largest absolute Gasteiger partial charge is 0.465 e. The first-order valence-corrected chi connectivity index (χ1v) is 5.60. The van der Waals surface area contributed by atoms with Crippen molar-refractivity contribution >= 4 is 5.97 Å². The molecule has 1 saturated carbocycles. The van der Waals surface area contributed by atoms with E-state index in [-0.39, 0.29) is 5.97 Å². The van der Waals surface area contributed by atoms with Crippen molar-refractivity contribution in [1.82, 2.24) is 5.32 Å². The highest BCUT2D eigenvalue weighted by atomic mass is 16.5. The molecule has 0 aromatic rings. The molecule has 14 heavy (non-hydrogen) atoms. The lowest BCUT2D eigenvalue weighted by Crippen LogP contribution is -2.27. The van der Waals surface area contributed by atoms with Gasteiger partial charge in [-0.25, -0.2) is 0 Å². The first kappa shape index (κ1) is 11.5. The van der Waals surface area contributed by atoms with Gasteiger partial charge in [-0.1, -0.05) is 20.3 Å². The van der Waals surface area contributed by atoms with Gasteiger partial charge < -0.3 is 10.1 Å². The van der Waals surface area contributed by atoms with Crippen molar-refractivity contribution in [3.8, 4) is 0 Å². The lowest BCUT2D eigenvalue weighted by atomic mass is 10.3. The summed E-state index contributed by atoms with van der Waals surface area (Å²) in [6, 6.07) is 0. The van der Waals surface area contributed by atoms with Gasteiger partial charge in [0.2, 0.25) is 0 Å². The quantitative estimate of drug-likeness (QED) is 0.499. The highest BCUT2D eigenvalue weighted by Gasteiger charge is 2.31. The number of esters is 1. The molecular weight excluding hydrogens is 178 g/mol. The van der Waals surface area contributed by atoms with Crippen LogP contribution in [-0.4, -0.2) is 25.7 Å². The summed E-state index contributed by atoms with van der Waals surface area (Å²) in [4.78, 5) is 11.1. The fourth-order valence-corrected chi connectivity index (χ4v) is 1.42. The molecular formula is C11H21NO2. The van der Waals surface area contributed by atoms with Crippen molar-refractivity contribution in [2.45, 2.75) is 33.1 Å². The number of carbonyl (C=O) groups excluding carboxylic acids is 1. The average Bonchev–Trinajstić information content (AvgIpc) is 2.83. The standard InChI is InChI=1S/C11H21NO2/c1-3-4-5-14-11(13)8-12-7-10-6-9(10)2/h9-10,12H,3-8H2,1-2H3. The number of unbranched alkanes of at least 4 members (excludes halogenated alkanes) is 1. The van der Waals surface area contributed by atoms with E-state index in [2.05, 4.69) is 19.2 Å². The van der Waals surface area contributed by atoms with Crippen molar-refractivity contribution in [3.63, 3.8) is 0 Å². The van der Waals surface area contributed by atoms with Gasteiger partial charge in [0.05, 0.1) is 13.2 Å².